The lowest BCUT2D eigenvalue weighted by Gasteiger charge is -2.42. The summed E-state index contributed by atoms with van der Waals surface area (Å²) in [6.07, 6.45) is 1.55. The van der Waals surface area contributed by atoms with Gasteiger partial charge in [-0.05, 0) is 50.1 Å². The molecule has 2 aromatic carbocycles. The number of halogens is 3. The molecule has 1 aliphatic rings. The molecule has 1 aliphatic heterocycles. The number of aromatic nitrogens is 1. The van der Waals surface area contributed by atoms with Gasteiger partial charge in [-0.1, -0.05) is 31.2 Å². The van der Waals surface area contributed by atoms with Gasteiger partial charge in [-0.2, -0.15) is 0 Å². The van der Waals surface area contributed by atoms with Crippen molar-refractivity contribution in [3.63, 3.8) is 0 Å². The van der Waals surface area contributed by atoms with Gasteiger partial charge in [0.05, 0.1) is 5.56 Å². The number of para-hydroxylation sites is 1. The Balaban J connectivity index is 0.00000241. The minimum Gasteiger partial charge on any atom is -0.508 e. The molecule has 0 spiro atoms. The first kappa shape index (κ1) is 33.3. The number of phenols is 1. The number of piperazine rings is 1. The number of pyridine rings is 1. The summed E-state index contributed by atoms with van der Waals surface area (Å²) < 4.78 is 5.70. The molecule has 7 nitrogen and oxygen atoms in total. The van der Waals surface area contributed by atoms with E-state index in [1.165, 1.54) is 0 Å². The number of hydrogen-bond acceptors (Lipinski definition) is 6. The fourth-order valence-electron chi connectivity index (χ4n) is 4.44. The van der Waals surface area contributed by atoms with Gasteiger partial charge >= 0.3 is 0 Å². The molecule has 1 aromatic heterocycles. The lowest BCUT2D eigenvalue weighted by molar-refractivity contribution is 0.0917. The Hall–Kier alpha value is -2.71. The summed E-state index contributed by atoms with van der Waals surface area (Å²) in [5.41, 5.74) is 1.57. The molecule has 1 saturated heterocycles. The van der Waals surface area contributed by atoms with Gasteiger partial charge in [-0.25, -0.2) is 4.98 Å². The van der Waals surface area contributed by atoms with Crippen molar-refractivity contribution in [2.45, 2.75) is 32.9 Å². The maximum absolute atomic E-state index is 12.8. The lowest BCUT2D eigenvalue weighted by Crippen LogP contribution is -2.54. The van der Waals surface area contributed by atoms with Crippen LogP contribution in [-0.2, 0) is 0 Å². The third-order valence-electron chi connectivity index (χ3n) is 6.60. The summed E-state index contributed by atoms with van der Waals surface area (Å²) in [4.78, 5) is 21.8. The fourth-order valence-corrected chi connectivity index (χ4v) is 4.44. The van der Waals surface area contributed by atoms with Crippen molar-refractivity contribution >= 4 is 48.8 Å². The van der Waals surface area contributed by atoms with Gasteiger partial charge in [0, 0.05) is 62.3 Å². The van der Waals surface area contributed by atoms with E-state index >= 15 is 0 Å². The Morgan fingerprint density at radius 1 is 1.05 bits per heavy atom. The first-order valence-corrected chi connectivity index (χ1v) is 12.2. The van der Waals surface area contributed by atoms with Crippen molar-refractivity contribution in [2.24, 2.45) is 5.92 Å². The van der Waals surface area contributed by atoms with Crippen LogP contribution in [0.5, 0.6) is 17.4 Å². The van der Waals surface area contributed by atoms with E-state index in [0.717, 1.165) is 31.9 Å². The fraction of sp³-hybridized carbons (Fsp3) is 0.357. The number of benzene rings is 2. The van der Waals surface area contributed by atoms with Gasteiger partial charge in [0.1, 0.15) is 11.5 Å². The summed E-state index contributed by atoms with van der Waals surface area (Å²) in [7, 11) is 0. The van der Waals surface area contributed by atoms with Crippen molar-refractivity contribution in [1.29, 1.82) is 0 Å². The number of rotatable bonds is 8. The number of nitrogens with one attached hydrogen (secondary N) is 1. The molecule has 4 rings (SSSR count). The van der Waals surface area contributed by atoms with Gasteiger partial charge in [-0.3, -0.25) is 9.69 Å². The van der Waals surface area contributed by atoms with E-state index in [1.807, 2.05) is 48.5 Å². The molecule has 0 bridgehead atoms. The zero-order chi connectivity index (χ0) is 24.8. The number of carbonyl (C=O) groups excluding carboxylic acids is 1. The molecule has 38 heavy (non-hydrogen) atoms. The zero-order valence-electron chi connectivity index (χ0n) is 21.8. The molecule has 2 N–H and O–H groups in total. The number of phenolic OH excluding ortho intramolecular Hbond substituents is 1. The molecule has 2 heterocycles. The standard InChI is InChI=1S/C28H34N4O3.3ClH/c1-20(18-31-14-15-32(21(2)19-31)24-8-7-9-25(33)16-24)22(3)30-28(34)23-12-13-27(29-17-23)35-26-10-5-4-6-11-26;;;/h4-13,16-17,20-22,33H,14-15,18-19H2,1-3H3,(H,30,34);3*1H/t20?,21-,22-;;;/m0.../s1. The highest BCUT2D eigenvalue weighted by Gasteiger charge is 2.26. The quantitative estimate of drug-likeness (QED) is 0.349. The van der Waals surface area contributed by atoms with Crippen molar-refractivity contribution in [2.75, 3.05) is 31.1 Å². The highest BCUT2D eigenvalue weighted by molar-refractivity contribution is 5.94. The number of amides is 1. The summed E-state index contributed by atoms with van der Waals surface area (Å²) in [6, 6.07) is 20.7. The summed E-state index contributed by atoms with van der Waals surface area (Å²) in [6.45, 7) is 10.1. The van der Waals surface area contributed by atoms with Crippen LogP contribution in [-0.4, -0.2) is 59.2 Å². The number of aromatic hydroxyl groups is 1. The normalized spacial score (nSPS) is 16.6. The van der Waals surface area contributed by atoms with Crippen LogP contribution in [0.25, 0.3) is 0 Å². The predicted molar refractivity (Wildman–Crippen MR) is 160 cm³/mol. The molecule has 1 amide bonds. The molecule has 0 saturated carbocycles. The second-order valence-electron chi connectivity index (χ2n) is 9.36. The minimum atomic E-state index is -0.134. The lowest BCUT2D eigenvalue weighted by atomic mass is 10.0. The van der Waals surface area contributed by atoms with E-state index in [0.29, 0.717) is 29.0 Å². The number of anilines is 1. The molecule has 1 unspecified atom stereocenters. The first-order chi connectivity index (χ1) is 16.9. The molecule has 3 aromatic rings. The third kappa shape index (κ3) is 8.95. The van der Waals surface area contributed by atoms with Crippen molar-refractivity contribution in [1.82, 2.24) is 15.2 Å². The smallest absolute Gasteiger partial charge is 0.253 e. The molecule has 0 radical (unpaired) electrons. The van der Waals surface area contributed by atoms with Crippen molar-refractivity contribution in [3.8, 4) is 17.4 Å². The van der Waals surface area contributed by atoms with E-state index in [-0.39, 0.29) is 55.1 Å². The predicted octanol–water partition coefficient (Wildman–Crippen LogP) is 5.81. The molecular weight excluding hydrogens is 547 g/mol. The average molecular weight is 584 g/mol. The number of carbonyl (C=O) groups is 1. The maximum Gasteiger partial charge on any atom is 0.253 e. The molecule has 3 atom stereocenters. The number of nitrogens with zero attached hydrogens (tertiary/aromatic N) is 3. The van der Waals surface area contributed by atoms with Crippen LogP contribution in [0, 0.1) is 5.92 Å². The average Bonchev–Trinajstić information content (AvgIpc) is 2.85. The van der Waals surface area contributed by atoms with Crippen molar-refractivity contribution in [3.05, 3.63) is 78.5 Å². The second-order valence-corrected chi connectivity index (χ2v) is 9.36. The van der Waals surface area contributed by atoms with Gasteiger partial charge in [0.25, 0.3) is 5.91 Å². The van der Waals surface area contributed by atoms with E-state index in [9.17, 15) is 9.90 Å². The van der Waals surface area contributed by atoms with Crippen LogP contribution in [0.4, 0.5) is 5.69 Å². The van der Waals surface area contributed by atoms with Gasteiger partial charge in [0.2, 0.25) is 5.88 Å². The first-order valence-electron chi connectivity index (χ1n) is 12.2. The van der Waals surface area contributed by atoms with Crippen LogP contribution >= 0.6 is 37.2 Å². The topological polar surface area (TPSA) is 77.9 Å². The Morgan fingerprint density at radius 3 is 2.42 bits per heavy atom. The van der Waals surface area contributed by atoms with Gasteiger partial charge in [-0.15, -0.1) is 37.2 Å². The van der Waals surface area contributed by atoms with E-state index in [4.69, 9.17) is 4.74 Å². The number of hydrogen-bond donors (Lipinski definition) is 2. The molecular formula is C28H37Cl3N4O3. The number of ether oxygens (including phenoxy) is 1. The third-order valence-corrected chi connectivity index (χ3v) is 6.60. The minimum absolute atomic E-state index is 0. The highest BCUT2D eigenvalue weighted by Crippen LogP contribution is 2.25. The monoisotopic (exact) mass is 582 g/mol. The zero-order valence-corrected chi connectivity index (χ0v) is 24.3. The second kappa shape index (κ2) is 15.6. The SMILES string of the molecule is CC(CN1CCN(c2cccc(O)c2)[C@@H](C)C1)[C@H](C)NC(=O)c1ccc(Oc2ccccc2)nc1.Cl.Cl.Cl. The van der Waals surface area contributed by atoms with Crippen LogP contribution in [0.15, 0.2) is 72.9 Å². The van der Waals surface area contributed by atoms with Crippen LogP contribution in [0.1, 0.15) is 31.1 Å². The van der Waals surface area contributed by atoms with E-state index in [1.54, 1.807) is 24.4 Å². The molecule has 10 heteroatoms. The summed E-state index contributed by atoms with van der Waals surface area (Å²) >= 11 is 0. The molecule has 1 fully saturated rings. The molecule has 208 valence electrons. The van der Waals surface area contributed by atoms with Crippen molar-refractivity contribution < 1.29 is 14.6 Å². The van der Waals surface area contributed by atoms with Crippen LogP contribution < -0.4 is 15.0 Å². The Bertz CT molecular complexity index is 1120. The summed E-state index contributed by atoms with van der Waals surface area (Å²) in [5, 5.41) is 12.9. The van der Waals surface area contributed by atoms with E-state index in [2.05, 4.69) is 40.9 Å². The largest absolute Gasteiger partial charge is 0.508 e. The molecule has 0 aliphatic carbocycles. The van der Waals surface area contributed by atoms with Gasteiger partial charge < -0.3 is 20.1 Å². The van der Waals surface area contributed by atoms with Crippen LogP contribution in [0.2, 0.25) is 0 Å². The summed E-state index contributed by atoms with van der Waals surface area (Å²) in [5.74, 6) is 1.60. The maximum atomic E-state index is 12.8. The Kier molecular flexibility index (Phi) is 13.7. The van der Waals surface area contributed by atoms with E-state index < -0.39 is 0 Å². The Labute approximate surface area is 243 Å². The Morgan fingerprint density at radius 2 is 1.79 bits per heavy atom. The van der Waals surface area contributed by atoms with Crippen LogP contribution in [0.3, 0.4) is 0 Å². The van der Waals surface area contributed by atoms with Gasteiger partial charge in [0.15, 0.2) is 0 Å². The highest BCUT2D eigenvalue weighted by atomic mass is 35.5.